The largest absolute Gasteiger partial charge is 0.506 e. The van der Waals surface area contributed by atoms with E-state index in [1.165, 1.54) is 12.1 Å². The first kappa shape index (κ1) is 7.34. The summed E-state index contributed by atoms with van der Waals surface area (Å²) >= 11 is 2.99. The van der Waals surface area contributed by atoms with Gasteiger partial charge in [-0.15, -0.1) is 0 Å². The Labute approximate surface area is 65.6 Å². The van der Waals surface area contributed by atoms with Crippen LogP contribution in [0.1, 0.15) is 0 Å². The molecule has 0 saturated heterocycles. The number of nitrogens with two attached hydrogens (primary N) is 1. The van der Waals surface area contributed by atoms with E-state index in [4.69, 9.17) is 10.8 Å². The maximum absolute atomic E-state index is 12.5. The lowest BCUT2D eigenvalue weighted by Crippen LogP contribution is -1.90. The topological polar surface area (TPSA) is 46.2 Å². The average Bonchev–Trinajstić information content (AvgIpc) is 1.82. The summed E-state index contributed by atoms with van der Waals surface area (Å²) in [5, 5.41) is 8.89. The summed E-state index contributed by atoms with van der Waals surface area (Å²) < 4.78 is 13.0. The van der Waals surface area contributed by atoms with Gasteiger partial charge in [-0.2, -0.15) is 0 Å². The molecule has 2 nitrogen and oxygen atoms in total. The van der Waals surface area contributed by atoms with E-state index in [9.17, 15) is 4.39 Å². The number of rotatable bonds is 0. The molecule has 0 unspecified atom stereocenters. The van der Waals surface area contributed by atoms with Crippen molar-refractivity contribution in [2.75, 3.05) is 5.73 Å². The van der Waals surface area contributed by atoms with Crippen molar-refractivity contribution in [2.45, 2.75) is 0 Å². The van der Waals surface area contributed by atoms with Crippen LogP contribution in [-0.2, 0) is 0 Å². The Morgan fingerprint density at radius 1 is 1.50 bits per heavy atom. The third-order valence-electron chi connectivity index (χ3n) is 1.07. The molecular formula is C6H5BrFNO. The lowest BCUT2D eigenvalue weighted by atomic mass is 10.3. The van der Waals surface area contributed by atoms with Gasteiger partial charge in [0, 0.05) is 4.47 Å². The molecule has 0 saturated carbocycles. The fourth-order valence-electron chi connectivity index (χ4n) is 0.571. The number of hydrogen-bond donors (Lipinski definition) is 2. The van der Waals surface area contributed by atoms with Crippen LogP contribution in [-0.4, -0.2) is 5.11 Å². The molecule has 0 heterocycles. The molecule has 0 aliphatic rings. The minimum atomic E-state index is -0.619. The van der Waals surface area contributed by atoms with Crippen molar-refractivity contribution >= 4 is 21.6 Å². The van der Waals surface area contributed by atoms with Crippen molar-refractivity contribution in [3.8, 4) is 5.75 Å². The van der Waals surface area contributed by atoms with Crippen LogP contribution in [0.5, 0.6) is 5.75 Å². The van der Waals surface area contributed by atoms with E-state index in [-0.39, 0.29) is 11.4 Å². The summed E-state index contributed by atoms with van der Waals surface area (Å²) in [7, 11) is 0. The summed E-state index contributed by atoms with van der Waals surface area (Å²) in [6.45, 7) is 0. The molecule has 3 N–H and O–H groups in total. The molecule has 0 atom stereocenters. The first-order valence-electron chi connectivity index (χ1n) is 2.54. The number of anilines is 1. The van der Waals surface area contributed by atoms with Gasteiger partial charge in [-0.25, -0.2) is 4.39 Å². The van der Waals surface area contributed by atoms with Gasteiger partial charge in [-0.1, -0.05) is 15.9 Å². The molecule has 0 spiro atoms. The quantitative estimate of drug-likeness (QED) is 0.502. The summed E-state index contributed by atoms with van der Waals surface area (Å²) in [6.07, 6.45) is 0. The Balaban J connectivity index is 3.31. The van der Waals surface area contributed by atoms with Gasteiger partial charge in [0.25, 0.3) is 0 Å². The van der Waals surface area contributed by atoms with Gasteiger partial charge in [0.2, 0.25) is 0 Å². The zero-order valence-electron chi connectivity index (χ0n) is 4.94. The van der Waals surface area contributed by atoms with Crippen molar-refractivity contribution in [3.05, 3.63) is 22.4 Å². The fraction of sp³-hybridized carbons (Fsp3) is 0. The third-order valence-corrected chi connectivity index (χ3v) is 1.53. The highest BCUT2D eigenvalue weighted by Gasteiger charge is 2.03. The summed E-state index contributed by atoms with van der Waals surface area (Å²) in [5.41, 5.74) is 4.89. The molecule has 0 amide bonds. The zero-order chi connectivity index (χ0) is 7.72. The van der Waals surface area contributed by atoms with E-state index < -0.39 is 5.82 Å². The van der Waals surface area contributed by atoms with Crippen LogP contribution in [0.2, 0.25) is 0 Å². The van der Waals surface area contributed by atoms with Gasteiger partial charge in [0.05, 0.1) is 0 Å². The first-order valence-corrected chi connectivity index (χ1v) is 3.34. The second kappa shape index (κ2) is 2.46. The molecule has 0 fully saturated rings. The number of benzene rings is 1. The number of nitrogen functional groups attached to an aromatic ring is 1. The molecule has 0 aliphatic heterocycles. The van der Waals surface area contributed by atoms with Gasteiger partial charge >= 0.3 is 0 Å². The molecule has 1 aromatic carbocycles. The lowest BCUT2D eigenvalue weighted by Gasteiger charge is -1.99. The zero-order valence-corrected chi connectivity index (χ0v) is 6.52. The smallest absolute Gasteiger partial charge is 0.151 e. The van der Waals surface area contributed by atoms with Crippen molar-refractivity contribution < 1.29 is 9.50 Å². The second-order valence-electron chi connectivity index (χ2n) is 1.82. The normalized spacial score (nSPS) is 9.80. The van der Waals surface area contributed by atoms with Crippen molar-refractivity contribution in [2.24, 2.45) is 0 Å². The summed E-state index contributed by atoms with van der Waals surface area (Å²) in [6, 6.07) is 2.52. The van der Waals surface area contributed by atoms with Crippen LogP contribution < -0.4 is 5.73 Å². The standard InChI is InChI=1S/C6H5BrFNO/c7-3-1-4(8)6(9)5(10)2-3/h1-2,10H,9H2. The Bertz CT molecular complexity index is 241. The van der Waals surface area contributed by atoms with Crippen molar-refractivity contribution in [3.63, 3.8) is 0 Å². The fourth-order valence-corrected chi connectivity index (χ4v) is 0.989. The Morgan fingerprint density at radius 2 is 2.10 bits per heavy atom. The average molecular weight is 206 g/mol. The minimum Gasteiger partial charge on any atom is -0.506 e. The molecule has 1 rings (SSSR count). The van der Waals surface area contributed by atoms with Gasteiger partial charge in [0.1, 0.15) is 11.4 Å². The summed E-state index contributed by atoms with van der Waals surface area (Å²) in [4.78, 5) is 0. The van der Waals surface area contributed by atoms with Gasteiger partial charge in [0.15, 0.2) is 5.82 Å². The van der Waals surface area contributed by atoms with Crippen LogP contribution in [0.15, 0.2) is 16.6 Å². The third kappa shape index (κ3) is 1.21. The van der Waals surface area contributed by atoms with E-state index in [2.05, 4.69) is 15.9 Å². The number of halogens is 2. The minimum absolute atomic E-state index is 0.219. The number of phenolic OH excluding ortho intramolecular Hbond substituents is 1. The second-order valence-corrected chi connectivity index (χ2v) is 2.74. The highest BCUT2D eigenvalue weighted by atomic mass is 79.9. The number of aromatic hydroxyl groups is 1. The predicted molar refractivity (Wildman–Crippen MR) is 40.2 cm³/mol. The molecule has 10 heavy (non-hydrogen) atoms. The molecule has 54 valence electrons. The SMILES string of the molecule is Nc1c(O)cc(Br)cc1F. The van der Waals surface area contributed by atoms with Gasteiger partial charge in [-0.3, -0.25) is 0 Å². The van der Waals surface area contributed by atoms with Crippen LogP contribution in [0.4, 0.5) is 10.1 Å². The molecule has 0 aromatic heterocycles. The molecule has 0 aliphatic carbocycles. The van der Waals surface area contributed by atoms with E-state index in [0.29, 0.717) is 4.47 Å². The summed E-state index contributed by atoms with van der Waals surface area (Å²) in [5.74, 6) is -0.862. The Morgan fingerprint density at radius 3 is 2.60 bits per heavy atom. The van der Waals surface area contributed by atoms with Crippen LogP contribution in [0.3, 0.4) is 0 Å². The van der Waals surface area contributed by atoms with Gasteiger partial charge in [-0.05, 0) is 12.1 Å². The maximum Gasteiger partial charge on any atom is 0.151 e. The number of phenols is 1. The highest BCUT2D eigenvalue weighted by Crippen LogP contribution is 2.27. The van der Waals surface area contributed by atoms with E-state index in [1.54, 1.807) is 0 Å². The van der Waals surface area contributed by atoms with Crippen LogP contribution >= 0.6 is 15.9 Å². The Kier molecular flexibility index (Phi) is 1.80. The lowest BCUT2D eigenvalue weighted by molar-refractivity contribution is 0.472. The molecule has 4 heteroatoms. The van der Waals surface area contributed by atoms with Crippen molar-refractivity contribution in [1.82, 2.24) is 0 Å². The van der Waals surface area contributed by atoms with E-state index >= 15 is 0 Å². The molecular weight excluding hydrogens is 201 g/mol. The predicted octanol–water partition coefficient (Wildman–Crippen LogP) is 1.88. The van der Waals surface area contributed by atoms with Crippen molar-refractivity contribution in [1.29, 1.82) is 0 Å². The maximum atomic E-state index is 12.5. The van der Waals surface area contributed by atoms with Crippen LogP contribution in [0, 0.1) is 5.82 Å². The van der Waals surface area contributed by atoms with Gasteiger partial charge < -0.3 is 10.8 Å². The Hall–Kier alpha value is -0.770. The van der Waals surface area contributed by atoms with E-state index in [1.807, 2.05) is 0 Å². The highest BCUT2D eigenvalue weighted by molar-refractivity contribution is 9.10. The molecule has 0 radical (unpaired) electrons. The molecule has 1 aromatic rings. The van der Waals surface area contributed by atoms with Crippen LogP contribution in [0.25, 0.3) is 0 Å². The molecule has 0 bridgehead atoms. The number of hydrogen-bond acceptors (Lipinski definition) is 2. The van der Waals surface area contributed by atoms with E-state index in [0.717, 1.165) is 0 Å². The first-order chi connectivity index (χ1) is 4.61. The monoisotopic (exact) mass is 205 g/mol.